The third-order valence-corrected chi connectivity index (χ3v) is 4.19. The zero-order chi connectivity index (χ0) is 15.4. The van der Waals surface area contributed by atoms with Crippen LogP contribution < -0.4 is 4.90 Å². The van der Waals surface area contributed by atoms with Gasteiger partial charge in [-0.05, 0) is 24.8 Å². The second-order valence-corrected chi connectivity index (χ2v) is 5.91. The van der Waals surface area contributed by atoms with E-state index in [9.17, 15) is 0 Å². The summed E-state index contributed by atoms with van der Waals surface area (Å²) in [5, 5.41) is 4.71. The number of aromatic nitrogens is 2. The fourth-order valence-corrected chi connectivity index (χ4v) is 3.03. The van der Waals surface area contributed by atoms with E-state index in [1.165, 1.54) is 18.4 Å². The van der Waals surface area contributed by atoms with E-state index in [0.717, 1.165) is 37.6 Å². The molecule has 1 fully saturated rings. The quantitative estimate of drug-likeness (QED) is 0.817. The van der Waals surface area contributed by atoms with Crippen molar-refractivity contribution in [2.75, 3.05) is 24.6 Å². The fourth-order valence-electron chi connectivity index (χ4n) is 3.03. The van der Waals surface area contributed by atoms with E-state index >= 15 is 0 Å². The summed E-state index contributed by atoms with van der Waals surface area (Å²) in [4.78, 5) is 2.37. The van der Waals surface area contributed by atoms with Gasteiger partial charge in [0.05, 0.1) is 5.69 Å². The number of rotatable bonds is 6. The molecule has 0 aliphatic carbocycles. The fraction of sp³-hybridized carbons (Fsp3) is 0.500. The SMILES string of the molecule is CCCOC(c1ccccc1)c1cc(N2CCCC2)nn1C. The van der Waals surface area contributed by atoms with Crippen molar-refractivity contribution in [2.45, 2.75) is 32.3 Å². The van der Waals surface area contributed by atoms with Crippen molar-refractivity contribution in [2.24, 2.45) is 7.05 Å². The Labute approximate surface area is 132 Å². The van der Waals surface area contributed by atoms with E-state index in [-0.39, 0.29) is 6.10 Å². The van der Waals surface area contributed by atoms with Crippen molar-refractivity contribution >= 4 is 5.82 Å². The van der Waals surface area contributed by atoms with Crippen LogP contribution >= 0.6 is 0 Å². The van der Waals surface area contributed by atoms with Crippen molar-refractivity contribution in [1.82, 2.24) is 9.78 Å². The third kappa shape index (κ3) is 3.17. The monoisotopic (exact) mass is 299 g/mol. The zero-order valence-electron chi connectivity index (χ0n) is 13.5. The summed E-state index contributed by atoms with van der Waals surface area (Å²) in [5.41, 5.74) is 2.31. The van der Waals surface area contributed by atoms with Crippen LogP contribution in [0.25, 0.3) is 0 Å². The molecule has 1 saturated heterocycles. The highest BCUT2D eigenvalue weighted by atomic mass is 16.5. The number of benzene rings is 1. The predicted octanol–water partition coefficient (Wildman–Crippen LogP) is 3.54. The van der Waals surface area contributed by atoms with Crippen LogP contribution in [-0.4, -0.2) is 29.5 Å². The summed E-state index contributed by atoms with van der Waals surface area (Å²) < 4.78 is 8.11. The molecular formula is C18H25N3O. The molecule has 1 aromatic heterocycles. The van der Waals surface area contributed by atoms with Gasteiger partial charge in [-0.25, -0.2) is 0 Å². The lowest BCUT2D eigenvalue weighted by Gasteiger charge is -2.18. The Morgan fingerprint density at radius 2 is 1.91 bits per heavy atom. The normalized spacial score (nSPS) is 16.2. The van der Waals surface area contributed by atoms with Crippen molar-refractivity contribution in [3.63, 3.8) is 0 Å². The van der Waals surface area contributed by atoms with E-state index in [4.69, 9.17) is 9.84 Å². The molecule has 0 bridgehead atoms. The minimum absolute atomic E-state index is 0.0463. The Morgan fingerprint density at radius 3 is 2.59 bits per heavy atom. The number of anilines is 1. The summed E-state index contributed by atoms with van der Waals surface area (Å²) in [6.07, 6.45) is 3.50. The highest BCUT2D eigenvalue weighted by Gasteiger charge is 2.22. The van der Waals surface area contributed by atoms with Crippen LogP contribution in [0.15, 0.2) is 36.4 Å². The van der Waals surface area contributed by atoms with Crippen LogP contribution in [0.5, 0.6) is 0 Å². The van der Waals surface area contributed by atoms with Crippen LogP contribution in [0.1, 0.15) is 43.5 Å². The Bertz CT molecular complexity index is 588. The highest BCUT2D eigenvalue weighted by molar-refractivity contribution is 5.43. The molecule has 2 aromatic rings. The minimum atomic E-state index is -0.0463. The van der Waals surface area contributed by atoms with E-state index in [0.29, 0.717) is 0 Å². The van der Waals surface area contributed by atoms with Gasteiger partial charge in [-0.2, -0.15) is 5.10 Å². The number of aryl methyl sites for hydroxylation is 1. The molecule has 118 valence electrons. The van der Waals surface area contributed by atoms with Gasteiger partial charge in [0.15, 0.2) is 5.82 Å². The molecule has 0 saturated carbocycles. The molecule has 0 amide bonds. The molecule has 0 N–H and O–H groups in total. The minimum Gasteiger partial charge on any atom is -0.367 e. The molecule has 22 heavy (non-hydrogen) atoms. The number of hydrogen-bond acceptors (Lipinski definition) is 3. The first-order chi connectivity index (χ1) is 10.8. The van der Waals surface area contributed by atoms with Gasteiger partial charge in [0, 0.05) is 32.8 Å². The molecule has 1 unspecified atom stereocenters. The average Bonchev–Trinajstić information content (AvgIpc) is 3.19. The summed E-state index contributed by atoms with van der Waals surface area (Å²) in [6.45, 7) is 5.12. The lowest BCUT2D eigenvalue weighted by Crippen LogP contribution is -2.18. The summed E-state index contributed by atoms with van der Waals surface area (Å²) >= 11 is 0. The van der Waals surface area contributed by atoms with E-state index in [1.54, 1.807) is 0 Å². The lowest BCUT2D eigenvalue weighted by molar-refractivity contribution is 0.0752. The largest absolute Gasteiger partial charge is 0.367 e. The predicted molar refractivity (Wildman–Crippen MR) is 89.2 cm³/mol. The smallest absolute Gasteiger partial charge is 0.150 e. The molecule has 1 atom stereocenters. The Kier molecular flexibility index (Phi) is 4.78. The van der Waals surface area contributed by atoms with Crippen molar-refractivity contribution in [3.05, 3.63) is 47.7 Å². The first kappa shape index (κ1) is 15.1. The maximum Gasteiger partial charge on any atom is 0.150 e. The summed E-state index contributed by atoms with van der Waals surface area (Å²) in [6, 6.07) is 12.6. The van der Waals surface area contributed by atoms with Gasteiger partial charge < -0.3 is 9.64 Å². The summed E-state index contributed by atoms with van der Waals surface area (Å²) in [7, 11) is 2.01. The third-order valence-electron chi connectivity index (χ3n) is 4.19. The van der Waals surface area contributed by atoms with Gasteiger partial charge in [-0.1, -0.05) is 37.3 Å². The Balaban J connectivity index is 1.90. The number of ether oxygens (including phenoxy) is 1. The molecule has 1 aliphatic rings. The molecule has 3 rings (SSSR count). The van der Waals surface area contributed by atoms with Crippen molar-refractivity contribution in [1.29, 1.82) is 0 Å². The maximum atomic E-state index is 6.14. The molecule has 1 aliphatic heterocycles. The standard InChI is InChI=1S/C18H25N3O/c1-3-13-22-18(15-9-5-4-6-10-15)16-14-17(19-20(16)2)21-11-7-8-12-21/h4-6,9-10,14,18H,3,7-8,11-13H2,1-2H3. The highest BCUT2D eigenvalue weighted by Crippen LogP contribution is 2.29. The van der Waals surface area contributed by atoms with Gasteiger partial charge in [-0.3, -0.25) is 4.68 Å². The summed E-state index contributed by atoms with van der Waals surface area (Å²) in [5.74, 6) is 1.08. The van der Waals surface area contributed by atoms with Crippen LogP contribution in [0.2, 0.25) is 0 Å². The second kappa shape index (κ2) is 6.97. The Morgan fingerprint density at radius 1 is 1.18 bits per heavy atom. The maximum absolute atomic E-state index is 6.14. The molecule has 2 heterocycles. The first-order valence-corrected chi connectivity index (χ1v) is 8.25. The topological polar surface area (TPSA) is 30.3 Å². The van der Waals surface area contributed by atoms with Crippen molar-refractivity contribution in [3.8, 4) is 0 Å². The molecular weight excluding hydrogens is 274 g/mol. The van der Waals surface area contributed by atoms with Crippen LogP contribution in [0, 0.1) is 0 Å². The van der Waals surface area contributed by atoms with Gasteiger partial charge in [-0.15, -0.1) is 0 Å². The lowest BCUT2D eigenvalue weighted by atomic mass is 10.1. The second-order valence-electron chi connectivity index (χ2n) is 5.91. The molecule has 0 radical (unpaired) electrons. The van der Waals surface area contributed by atoms with Crippen LogP contribution in [-0.2, 0) is 11.8 Å². The molecule has 4 nitrogen and oxygen atoms in total. The number of nitrogens with zero attached hydrogens (tertiary/aromatic N) is 3. The van der Waals surface area contributed by atoms with Gasteiger partial charge in [0.1, 0.15) is 6.10 Å². The molecule has 0 spiro atoms. The van der Waals surface area contributed by atoms with Gasteiger partial charge >= 0.3 is 0 Å². The van der Waals surface area contributed by atoms with Crippen molar-refractivity contribution < 1.29 is 4.74 Å². The van der Waals surface area contributed by atoms with E-state index < -0.39 is 0 Å². The van der Waals surface area contributed by atoms with E-state index in [1.807, 2.05) is 17.8 Å². The molecule has 1 aromatic carbocycles. The average molecular weight is 299 g/mol. The zero-order valence-corrected chi connectivity index (χ0v) is 13.5. The Hall–Kier alpha value is -1.81. The van der Waals surface area contributed by atoms with Gasteiger partial charge in [0.25, 0.3) is 0 Å². The van der Waals surface area contributed by atoms with Crippen LogP contribution in [0.4, 0.5) is 5.82 Å². The van der Waals surface area contributed by atoms with E-state index in [2.05, 4.69) is 42.2 Å². The van der Waals surface area contributed by atoms with Gasteiger partial charge in [0.2, 0.25) is 0 Å². The van der Waals surface area contributed by atoms with Crippen LogP contribution in [0.3, 0.4) is 0 Å². The first-order valence-electron chi connectivity index (χ1n) is 8.25. The number of hydrogen-bond donors (Lipinski definition) is 0. The molecule has 4 heteroatoms.